The number of Topliss-reactive ketones (excluding diaryl/α,β-unsaturated/α-hetero) is 1. The van der Waals surface area contributed by atoms with Crippen molar-refractivity contribution in [2.45, 2.75) is 0 Å². The molecule has 0 radical (unpaired) electrons. The number of nitriles is 1. The van der Waals surface area contributed by atoms with Gasteiger partial charge in [0, 0.05) is 4.47 Å². The Morgan fingerprint density at radius 3 is 2.84 bits per heavy atom. The number of halogens is 1. The summed E-state index contributed by atoms with van der Waals surface area (Å²) in [7, 11) is 0. The van der Waals surface area contributed by atoms with Crippen molar-refractivity contribution in [1.82, 2.24) is 5.32 Å². The summed E-state index contributed by atoms with van der Waals surface area (Å²) in [6.45, 7) is -0.414. The molecule has 1 aliphatic rings. The number of carbonyl (C=O) groups excluding carboxylic acids is 3. The maximum atomic E-state index is 11.8. The number of carbonyl (C=O) groups is 3. The molecule has 0 atom stereocenters. The lowest BCUT2D eigenvalue weighted by Crippen LogP contribution is -2.40. The lowest BCUT2D eigenvalue weighted by molar-refractivity contribution is -0.121. The third-order valence-corrected chi connectivity index (χ3v) is 3.09. The van der Waals surface area contributed by atoms with Crippen LogP contribution in [0, 0.1) is 11.3 Å². The van der Waals surface area contributed by atoms with E-state index in [0.717, 1.165) is 4.90 Å². The Kier molecular flexibility index (Phi) is 3.62. The fraction of sp³-hybridized carbons (Fsp3) is 0.167. The largest absolute Gasteiger partial charge is 0.341 e. The smallest absolute Gasteiger partial charge is 0.299 e. The van der Waals surface area contributed by atoms with E-state index in [0.29, 0.717) is 10.2 Å². The maximum absolute atomic E-state index is 11.8. The van der Waals surface area contributed by atoms with Crippen molar-refractivity contribution in [2.75, 3.05) is 18.0 Å². The minimum atomic E-state index is -0.736. The number of fused-ring (bicyclic) bond motifs is 1. The van der Waals surface area contributed by atoms with Gasteiger partial charge >= 0.3 is 0 Å². The number of nitrogens with zero attached hydrogens (tertiary/aromatic N) is 2. The van der Waals surface area contributed by atoms with Crippen LogP contribution in [0.15, 0.2) is 22.7 Å². The molecule has 7 heteroatoms. The van der Waals surface area contributed by atoms with E-state index in [-0.39, 0.29) is 18.7 Å². The Bertz CT molecular complexity index is 621. The van der Waals surface area contributed by atoms with Crippen LogP contribution in [-0.2, 0) is 9.59 Å². The van der Waals surface area contributed by atoms with Gasteiger partial charge in [-0.3, -0.25) is 19.3 Å². The summed E-state index contributed by atoms with van der Waals surface area (Å²) >= 11 is 3.22. The van der Waals surface area contributed by atoms with Crippen LogP contribution < -0.4 is 10.2 Å². The van der Waals surface area contributed by atoms with Crippen molar-refractivity contribution in [3.05, 3.63) is 28.2 Å². The Morgan fingerprint density at radius 1 is 1.42 bits per heavy atom. The third kappa shape index (κ3) is 2.48. The summed E-state index contributed by atoms with van der Waals surface area (Å²) in [5.74, 6) is -1.86. The lowest BCUT2D eigenvalue weighted by Gasteiger charge is -2.15. The number of rotatable bonds is 3. The molecule has 0 aromatic heterocycles. The van der Waals surface area contributed by atoms with Gasteiger partial charge in [0.2, 0.25) is 5.91 Å². The van der Waals surface area contributed by atoms with Crippen LogP contribution in [0.4, 0.5) is 5.69 Å². The maximum Gasteiger partial charge on any atom is 0.299 e. The summed E-state index contributed by atoms with van der Waals surface area (Å²) in [5.41, 5.74) is 0.678. The fourth-order valence-electron chi connectivity index (χ4n) is 1.77. The highest BCUT2D eigenvalue weighted by Gasteiger charge is 2.36. The molecule has 0 saturated heterocycles. The van der Waals surface area contributed by atoms with E-state index in [1.165, 1.54) is 0 Å². The van der Waals surface area contributed by atoms with Crippen LogP contribution in [-0.4, -0.2) is 30.7 Å². The highest BCUT2D eigenvalue weighted by molar-refractivity contribution is 9.10. The van der Waals surface area contributed by atoms with Crippen LogP contribution in [0.1, 0.15) is 10.4 Å². The van der Waals surface area contributed by atoms with Crippen LogP contribution >= 0.6 is 15.9 Å². The number of hydrogen-bond donors (Lipinski definition) is 1. The van der Waals surface area contributed by atoms with Gasteiger partial charge in [0.25, 0.3) is 11.7 Å². The molecule has 1 heterocycles. The normalized spacial score (nSPS) is 13.2. The second-order valence-electron chi connectivity index (χ2n) is 3.82. The molecule has 0 saturated carbocycles. The van der Waals surface area contributed by atoms with Crippen molar-refractivity contribution < 1.29 is 14.4 Å². The van der Waals surface area contributed by atoms with E-state index < -0.39 is 17.6 Å². The van der Waals surface area contributed by atoms with Gasteiger partial charge in [-0.05, 0) is 18.2 Å². The molecule has 2 amide bonds. The van der Waals surface area contributed by atoms with E-state index in [2.05, 4.69) is 21.2 Å². The van der Waals surface area contributed by atoms with Crippen LogP contribution in [0.25, 0.3) is 0 Å². The first-order valence-electron chi connectivity index (χ1n) is 5.34. The third-order valence-electron chi connectivity index (χ3n) is 2.60. The van der Waals surface area contributed by atoms with Gasteiger partial charge in [0.15, 0.2) is 0 Å². The number of ketones is 1. The van der Waals surface area contributed by atoms with Gasteiger partial charge in [-0.2, -0.15) is 5.26 Å². The molecule has 96 valence electrons. The highest BCUT2D eigenvalue weighted by atomic mass is 79.9. The first kappa shape index (κ1) is 13.2. The van der Waals surface area contributed by atoms with Gasteiger partial charge < -0.3 is 5.32 Å². The number of amides is 2. The van der Waals surface area contributed by atoms with Gasteiger partial charge in [-0.25, -0.2) is 0 Å². The zero-order chi connectivity index (χ0) is 14.0. The Balaban J connectivity index is 2.24. The predicted octanol–water partition coefficient (Wildman–Crippen LogP) is 0.618. The molecule has 0 unspecified atom stereocenters. The standard InChI is InChI=1S/C12H8BrN3O3/c13-7-1-2-9-8(5-7)11(18)12(19)16(9)6-10(17)15-4-3-14/h1-2,5H,4,6H2,(H,15,17). The minimum absolute atomic E-state index is 0.137. The minimum Gasteiger partial charge on any atom is -0.341 e. The Morgan fingerprint density at radius 2 is 2.16 bits per heavy atom. The van der Waals surface area contributed by atoms with E-state index in [9.17, 15) is 14.4 Å². The van der Waals surface area contributed by atoms with Crippen molar-refractivity contribution >= 4 is 39.2 Å². The zero-order valence-electron chi connectivity index (χ0n) is 9.64. The highest BCUT2D eigenvalue weighted by Crippen LogP contribution is 2.30. The van der Waals surface area contributed by atoms with Crippen molar-refractivity contribution in [3.8, 4) is 6.07 Å². The summed E-state index contributed by atoms with van der Waals surface area (Å²) in [6, 6.07) is 6.59. The Hall–Kier alpha value is -2.20. The van der Waals surface area contributed by atoms with Gasteiger partial charge in [-0.15, -0.1) is 0 Å². The number of hydrogen-bond acceptors (Lipinski definition) is 4. The zero-order valence-corrected chi connectivity index (χ0v) is 11.2. The monoisotopic (exact) mass is 321 g/mol. The molecule has 0 bridgehead atoms. The predicted molar refractivity (Wildman–Crippen MR) is 69.4 cm³/mol. The molecule has 6 nitrogen and oxygen atoms in total. The number of benzene rings is 1. The van der Waals surface area contributed by atoms with E-state index in [4.69, 9.17) is 5.26 Å². The fourth-order valence-corrected chi connectivity index (χ4v) is 2.13. The molecule has 2 rings (SSSR count). The SMILES string of the molecule is N#CCNC(=O)CN1C(=O)C(=O)c2cc(Br)ccc21. The van der Waals surface area contributed by atoms with Crippen LogP contribution in [0.2, 0.25) is 0 Å². The summed E-state index contributed by atoms with van der Waals surface area (Å²) in [5, 5.41) is 10.7. The second kappa shape index (κ2) is 5.20. The molecule has 0 aliphatic carbocycles. The van der Waals surface area contributed by atoms with E-state index in [1.54, 1.807) is 24.3 Å². The first-order valence-corrected chi connectivity index (χ1v) is 6.13. The van der Waals surface area contributed by atoms with Crippen LogP contribution in [0.3, 0.4) is 0 Å². The lowest BCUT2D eigenvalue weighted by atomic mass is 10.1. The van der Waals surface area contributed by atoms with Gasteiger partial charge in [0.1, 0.15) is 13.1 Å². The molecule has 1 aliphatic heterocycles. The van der Waals surface area contributed by atoms with E-state index >= 15 is 0 Å². The molecule has 1 aromatic rings. The van der Waals surface area contributed by atoms with E-state index in [1.807, 2.05) is 0 Å². The molecule has 0 fully saturated rings. The quantitative estimate of drug-likeness (QED) is 0.652. The van der Waals surface area contributed by atoms with Crippen molar-refractivity contribution in [2.24, 2.45) is 0 Å². The summed E-state index contributed by atoms with van der Waals surface area (Å²) in [6.07, 6.45) is 0. The number of nitrogens with one attached hydrogen (secondary N) is 1. The van der Waals surface area contributed by atoms with Crippen molar-refractivity contribution in [1.29, 1.82) is 5.26 Å². The molecule has 0 spiro atoms. The molecular formula is C12H8BrN3O3. The van der Waals surface area contributed by atoms with Gasteiger partial charge in [0.05, 0.1) is 17.3 Å². The topological polar surface area (TPSA) is 90.3 Å². The molecule has 19 heavy (non-hydrogen) atoms. The second-order valence-corrected chi connectivity index (χ2v) is 4.73. The molecule has 1 aromatic carbocycles. The van der Waals surface area contributed by atoms with Gasteiger partial charge in [-0.1, -0.05) is 15.9 Å². The van der Waals surface area contributed by atoms with Crippen LogP contribution in [0.5, 0.6) is 0 Å². The average molecular weight is 322 g/mol. The Labute approximate surface area is 117 Å². The average Bonchev–Trinajstić information content (AvgIpc) is 2.61. The summed E-state index contributed by atoms with van der Waals surface area (Å²) < 4.78 is 0.684. The molecular weight excluding hydrogens is 314 g/mol. The first-order chi connectivity index (χ1) is 9.04. The van der Waals surface area contributed by atoms with Crippen molar-refractivity contribution in [3.63, 3.8) is 0 Å². The summed E-state index contributed by atoms with van der Waals surface area (Å²) in [4.78, 5) is 36.2. The molecule has 1 N–H and O–H groups in total. The number of anilines is 1.